The average Bonchev–Trinajstić information content (AvgIpc) is 2.27. The van der Waals surface area contributed by atoms with Crippen LogP contribution < -0.4 is 0 Å². The monoisotopic (exact) mass is 210 g/mol. The Hall–Kier alpha value is -1.39. The summed E-state index contributed by atoms with van der Waals surface area (Å²) in [6, 6.07) is 4.15. The number of hydrogen-bond acceptors (Lipinski definition) is 4. The summed E-state index contributed by atoms with van der Waals surface area (Å²) in [6.07, 6.45) is -0.685. The van der Waals surface area contributed by atoms with Gasteiger partial charge in [0.15, 0.2) is 5.78 Å². The van der Waals surface area contributed by atoms with Crippen molar-refractivity contribution in [3.8, 4) is 5.75 Å². The zero-order valence-electron chi connectivity index (χ0n) is 8.47. The average molecular weight is 210 g/mol. The molecule has 0 amide bonds. The van der Waals surface area contributed by atoms with Gasteiger partial charge in [-0.3, -0.25) is 4.79 Å². The highest BCUT2D eigenvalue weighted by molar-refractivity contribution is 5.99. The van der Waals surface area contributed by atoms with Crippen molar-refractivity contribution in [1.82, 2.24) is 0 Å². The van der Waals surface area contributed by atoms with Gasteiger partial charge in [-0.25, -0.2) is 0 Å². The number of aliphatic hydroxyl groups is 2. The fraction of sp³-hybridized carbons (Fsp3) is 0.364. The van der Waals surface area contributed by atoms with Crippen molar-refractivity contribution >= 4 is 5.78 Å². The zero-order chi connectivity index (χ0) is 11.4. The number of hydrogen-bond donors (Lipinski definition) is 3. The van der Waals surface area contributed by atoms with Gasteiger partial charge in [0.1, 0.15) is 11.9 Å². The van der Waals surface area contributed by atoms with E-state index in [0.29, 0.717) is 12.0 Å². The van der Waals surface area contributed by atoms with Crippen molar-refractivity contribution < 1.29 is 20.1 Å². The van der Waals surface area contributed by atoms with Crippen LogP contribution in [0.25, 0.3) is 0 Å². The maximum Gasteiger partial charge on any atom is 0.191 e. The molecule has 4 heteroatoms. The Morgan fingerprint density at radius 1 is 1.47 bits per heavy atom. The lowest BCUT2D eigenvalue weighted by atomic mass is 10.0. The molecular formula is C11H14O4. The molecule has 1 aromatic rings. The van der Waals surface area contributed by atoms with Crippen LogP contribution in [0.5, 0.6) is 5.75 Å². The first-order valence-electron chi connectivity index (χ1n) is 4.75. The van der Waals surface area contributed by atoms with E-state index in [0.717, 1.165) is 0 Å². The molecule has 0 heterocycles. The molecule has 15 heavy (non-hydrogen) atoms. The molecule has 0 bridgehead atoms. The first-order chi connectivity index (χ1) is 7.10. The van der Waals surface area contributed by atoms with Crippen LogP contribution in [0.4, 0.5) is 0 Å². The summed E-state index contributed by atoms with van der Waals surface area (Å²) in [5, 5.41) is 27.5. The number of benzene rings is 1. The largest absolute Gasteiger partial charge is 0.508 e. The third-order valence-corrected chi connectivity index (χ3v) is 2.22. The fourth-order valence-electron chi connectivity index (χ4n) is 1.24. The molecule has 1 aromatic carbocycles. The molecule has 0 saturated carbocycles. The van der Waals surface area contributed by atoms with Crippen LogP contribution >= 0.6 is 0 Å². The van der Waals surface area contributed by atoms with Crippen LogP contribution in [0.15, 0.2) is 18.2 Å². The van der Waals surface area contributed by atoms with E-state index in [1.807, 2.05) is 0 Å². The van der Waals surface area contributed by atoms with E-state index in [1.54, 1.807) is 6.92 Å². The van der Waals surface area contributed by atoms with E-state index in [2.05, 4.69) is 0 Å². The number of aromatic hydroxyl groups is 1. The highest BCUT2D eigenvalue weighted by atomic mass is 16.3. The van der Waals surface area contributed by atoms with Crippen molar-refractivity contribution in [2.24, 2.45) is 0 Å². The normalized spacial score (nSPS) is 12.5. The molecule has 0 spiro atoms. The third-order valence-electron chi connectivity index (χ3n) is 2.22. The highest BCUT2D eigenvalue weighted by Crippen LogP contribution is 2.19. The minimum absolute atomic E-state index is 0.0555. The van der Waals surface area contributed by atoms with Gasteiger partial charge in [0, 0.05) is 11.1 Å². The molecule has 82 valence electrons. The van der Waals surface area contributed by atoms with Gasteiger partial charge in [0.25, 0.3) is 0 Å². The number of Topliss-reactive ketones (excluding diaryl/α,β-unsaturated/α-hetero) is 1. The predicted molar refractivity (Wildman–Crippen MR) is 54.7 cm³/mol. The SMILES string of the molecule is CCC(O)C(=O)c1ccc(O)c(CO)c1. The fourth-order valence-corrected chi connectivity index (χ4v) is 1.24. The van der Waals surface area contributed by atoms with Gasteiger partial charge in [-0.1, -0.05) is 6.92 Å². The van der Waals surface area contributed by atoms with Crippen molar-refractivity contribution in [3.63, 3.8) is 0 Å². The Labute approximate surface area is 87.8 Å². The molecule has 0 radical (unpaired) electrons. The molecule has 3 N–H and O–H groups in total. The summed E-state index contributed by atoms with van der Waals surface area (Å²) in [5.41, 5.74) is 0.579. The third kappa shape index (κ3) is 2.55. The molecule has 1 atom stereocenters. The van der Waals surface area contributed by atoms with Gasteiger partial charge in [-0.15, -0.1) is 0 Å². The second-order valence-electron chi connectivity index (χ2n) is 3.29. The second kappa shape index (κ2) is 4.91. The quantitative estimate of drug-likeness (QED) is 0.643. The van der Waals surface area contributed by atoms with E-state index in [9.17, 15) is 15.0 Å². The molecule has 1 unspecified atom stereocenters. The smallest absolute Gasteiger partial charge is 0.191 e. The van der Waals surface area contributed by atoms with Gasteiger partial charge >= 0.3 is 0 Å². The molecular weight excluding hydrogens is 196 g/mol. The van der Waals surface area contributed by atoms with Crippen LogP contribution in [0.2, 0.25) is 0 Å². The highest BCUT2D eigenvalue weighted by Gasteiger charge is 2.16. The molecule has 0 aliphatic heterocycles. The minimum Gasteiger partial charge on any atom is -0.508 e. The van der Waals surface area contributed by atoms with E-state index in [-0.39, 0.29) is 17.9 Å². The molecule has 0 fully saturated rings. The van der Waals surface area contributed by atoms with Crippen LogP contribution in [-0.2, 0) is 6.61 Å². The van der Waals surface area contributed by atoms with Gasteiger partial charge in [-0.2, -0.15) is 0 Å². The molecule has 0 aliphatic carbocycles. The lowest BCUT2D eigenvalue weighted by Gasteiger charge is -2.08. The lowest BCUT2D eigenvalue weighted by Crippen LogP contribution is -2.19. The Morgan fingerprint density at radius 2 is 2.13 bits per heavy atom. The molecule has 4 nitrogen and oxygen atoms in total. The van der Waals surface area contributed by atoms with Gasteiger partial charge in [0.05, 0.1) is 6.61 Å². The number of carbonyl (C=O) groups is 1. The van der Waals surface area contributed by atoms with Crippen molar-refractivity contribution in [1.29, 1.82) is 0 Å². The standard InChI is InChI=1S/C11H14O4/c1-2-9(13)11(15)7-3-4-10(14)8(5-7)6-12/h3-5,9,12-14H,2,6H2,1H3. The summed E-state index contributed by atoms with van der Waals surface area (Å²) in [6.45, 7) is 1.37. The Bertz CT molecular complexity index is 360. The van der Waals surface area contributed by atoms with Crippen LogP contribution in [0, 0.1) is 0 Å². The predicted octanol–water partition coefficient (Wildman–Crippen LogP) is 0.838. The van der Waals surface area contributed by atoms with E-state index < -0.39 is 11.9 Å². The zero-order valence-corrected chi connectivity index (χ0v) is 8.47. The lowest BCUT2D eigenvalue weighted by molar-refractivity contribution is 0.0740. The number of aliphatic hydroxyl groups excluding tert-OH is 2. The Morgan fingerprint density at radius 3 is 2.67 bits per heavy atom. The van der Waals surface area contributed by atoms with Crippen LogP contribution in [-0.4, -0.2) is 27.2 Å². The Kier molecular flexibility index (Phi) is 3.82. The van der Waals surface area contributed by atoms with Crippen LogP contribution in [0.1, 0.15) is 29.3 Å². The minimum atomic E-state index is -1.03. The molecule has 0 aliphatic rings. The van der Waals surface area contributed by atoms with E-state index in [4.69, 9.17) is 5.11 Å². The van der Waals surface area contributed by atoms with E-state index in [1.165, 1.54) is 18.2 Å². The summed E-state index contributed by atoms with van der Waals surface area (Å²) in [4.78, 5) is 11.5. The van der Waals surface area contributed by atoms with Crippen molar-refractivity contribution in [3.05, 3.63) is 29.3 Å². The maximum absolute atomic E-state index is 11.5. The molecule has 1 rings (SSSR count). The maximum atomic E-state index is 11.5. The number of carbonyl (C=O) groups excluding carboxylic acids is 1. The number of rotatable bonds is 4. The topological polar surface area (TPSA) is 77.8 Å². The first-order valence-corrected chi connectivity index (χ1v) is 4.75. The molecule has 0 saturated heterocycles. The van der Waals surface area contributed by atoms with Gasteiger partial charge < -0.3 is 15.3 Å². The summed E-state index contributed by atoms with van der Waals surface area (Å²) < 4.78 is 0. The summed E-state index contributed by atoms with van der Waals surface area (Å²) >= 11 is 0. The number of phenols is 1. The van der Waals surface area contributed by atoms with Crippen molar-refractivity contribution in [2.45, 2.75) is 26.1 Å². The second-order valence-corrected chi connectivity index (χ2v) is 3.29. The van der Waals surface area contributed by atoms with Crippen LogP contribution in [0.3, 0.4) is 0 Å². The van der Waals surface area contributed by atoms with Crippen molar-refractivity contribution in [2.75, 3.05) is 0 Å². The van der Waals surface area contributed by atoms with E-state index >= 15 is 0 Å². The Balaban J connectivity index is 3.01. The first kappa shape index (κ1) is 11.7. The number of ketones is 1. The molecule has 0 aromatic heterocycles. The summed E-state index contributed by atoms with van der Waals surface area (Å²) in [5.74, 6) is -0.452. The van der Waals surface area contributed by atoms with Gasteiger partial charge in [0.2, 0.25) is 0 Å². The van der Waals surface area contributed by atoms with Gasteiger partial charge in [-0.05, 0) is 24.6 Å². The summed E-state index contributed by atoms with van der Waals surface area (Å²) in [7, 11) is 0.